The van der Waals surface area contributed by atoms with E-state index >= 15 is 0 Å². The van der Waals surface area contributed by atoms with Crippen LogP contribution in [0.2, 0.25) is 0 Å². The van der Waals surface area contributed by atoms with E-state index in [0.29, 0.717) is 17.5 Å². The largest absolute Gasteiger partial charge is 0.508 e. The summed E-state index contributed by atoms with van der Waals surface area (Å²) >= 11 is 1.51. The number of aromatic hydroxyl groups is 1. The van der Waals surface area contributed by atoms with Crippen LogP contribution in [0.1, 0.15) is 41.6 Å². The minimum Gasteiger partial charge on any atom is -0.508 e. The van der Waals surface area contributed by atoms with Crippen molar-refractivity contribution in [3.63, 3.8) is 0 Å². The summed E-state index contributed by atoms with van der Waals surface area (Å²) in [4.78, 5) is 0. The third-order valence-electron chi connectivity index (χ3n) is 7.71. The lowest BCUT2D eigenvalue weighted by atomic mass is 9.91. The van der Waals surface area contributed by atoms with Gasteiger partial charge in [0, 0.05) is 23.8 Å². The number of nitrogens with zero attached hydrogens (tertiary/aromatic N) is 4. The molecular weight excluding hydrogens is 562 g/mol. The van der Waals surface area contributed by atoms with Crippen molar-refractivity contribution in [2.75, 3.05) is 5.75 Å². The highest BCUT2D eigenvalue weighted by atomic mass is 32.2. The lowest BCUT2D eigenvalue weighted by molar-refractivity contribution is -0.268. The molecule has 4 atom stereocenters. The van der Waals surface area contributed by atoms with Gasteiger partial charge in [0.15, 0.2) is 6.29 Å². The highest BCUT2D eigenvalue weighted by Crippen LogP contribution is 2.43. The molecule has 1 aromatic heterocycles. The molecule has 0 amide bonds. The van der Waals surface area contributed by atoms with Gasteiger partial charge in [-0.2, -0.15) is 4.68 Å². The van der Waals surface area contributed by atoms with Crippen molar-refractivity contribution in [1.82, 2.24) is 20.2 Å². The number of ether oxygens (including phenoxy) is 2. The molecule has 0 radical (unpaired) electrons. The first kappa shape index (κ1) is 29.0. The summed E-state index contributed by atoms with van der Waals surface area (Å²) in [6.07, 6.45) is -0.995. The quantitative estimate of drug-likeness (QED) is 0.187. The average molecular weight is 596 g/mol. The molecule has 220 valence electrons. The number of phenols is 1. The number of nitrogens with two attached hydrogens (primary N) is 1. The summed E-state index contributed by atoms with van der Waals surface area (Å²) in [6.45, 7) is 2.61. The van der Waals surface area contributed by atoms with E-state index < -0.39 is 6.29 Å². The second kappa shape index (κ2) is 13.1. The third kappa shape index (κ3) is 6.48. The standard InChI is InChI=1S/C33H33N5O4S/c1-21-30(20-43-33-35-36-37-38(33)28-13-15-29(40)16-14-28)41-32(42-31(21)25-7-5-22(19-39)6-8-25)26-11-9-24(10-12-26)27-4-2-3-23(17-27)18-34/h2-17,21,30-32,39-40H,18-20,34H2,1H3. The highest BCUT2D eigenvalue weighted by molar-refractivity contribution is 7.99. The number of phenolic OH excluding ortho intramolecular Hbond substituents is 1. The molecule has 0 aliphatic carbocycles. The van der Waals surface area contributed by atoms with Crippen LogP contribution in [0, 0.1) is 5.92 Å². The van der Waals surface area contributed by atoms with Gasteiger partial charge in [-0.1, -0.05) is 85.4 Å². The van der Waals surface area contributed by atoms with Crippen LogP contribution in [0.3, 0.4) is 0 Å². The van der Waals surface area contributed by atoms with Gasteiger partial charge in [-0.3, -0.25) is 0 Å². The third-order valence-corrected chi connectivity index (χ3v) is 8.72. The van der Waals surface area contributed by atoms with Crippen molar-refractivity contribution < 1.29 is 19.7 Å². The van der Waals surface area contributed by atoms with Gasteiger partial charge < -0.3 is 25.4 Å². The Hall–Kier alpha value is -4.06. The molecule has 0 saturated carbocycles. The van der Waals surface area contributed by atoms with E-state index in [0.717, 1.165) is 39.1 Å². The molecule has 2 heterocycles. The number of hydrogen-bond acceptors (Lipinski definition) is 9. The molecule has 1 fully saturated rings. The number of aromatic nitrogens is 4. The Balaban J connectivity index is 1.25. The number of hydrogen-bond donors (Lipinski definition) is 3. The Bertz CT molecular complexity index is 1640. The fourth-order valence-electron chi connectivity index (χ4n) is 5.20. The van der Waals surface area contributed by atoms with E-state index in [1.807, 2.05) is 48.5 Å². The van der Waals surface area contributed by atoms with Gasteiger partial charge in [0.25, 0.3) is 0 Å². The maximum Gasteiger partial charge on any atom is 0.214 e. The van der Waals surface area contributed by atoms with E-state index in [1.165, 1.54) is 11.8 Å². The summed E-state index contributed by atoms with van der Waals surface area (Å²) < 4.78 is 14.9. The van der Waals surface area contributed by atoms with Crippen molar-refractivity contribution >= 4 is 11.8 Å². The van der Waals surface area contributed by atoms with Gasteiger partial charge in [-0.15, -0.1) is 5.10 Å². The summed E-state index contributed by atoms with van der Waals surface area (Å²) in [5, 5.41) is 32.1. The second-order valence-corrected chi connectivity index (χ2v) is 11.5. The molecule has 9 nitrogen and oxygen atoms in total. The molecule has 0 spiro atoms. The normalized spacial score (nSPS) is 20.3. The topological polar surface area (TPSA) is 129 Å². The van der Waals surface area contributed by atoms with Gasteiger partial charge in [0.1, 0.15) is 5.75 Å². The smallest absolute Gasteiger partial charge is 0.214 e. The van der Waals surface area contributed by atoms with Crippen molar-refractivity contribution in [2.24, 2.45) is 11.7 Å². The van der Waals surface area contributed by atoms with E-state index in [2.05, 4.69) is 46.7 Å². The molecule has 43 heavy (non-hydrogen) atoms. The van der Waals surface area contributed by atoms with E-state index in [1.54, 1.807) is 28.9 Å². The summed E-state index contributed by atoms with van der Waals surface area (Å²) in [7, 11) is 0. The zero-order valence-electron chi connectivity index (χ0n) is 23.7. The van der Waals surface area contributed by atoms with Gasteiger partial charge in [-0.25, -0.2) is 0 Å². The van der Waals surface area contributed by atoms with Crippen LogP contribution in [-0.4, -0.2) is 42.3 Å². The molecule has 4 N–H and O–H groups in total. The molecule has 1 aliphatic rings. The van der Waals surface area contributed by atoms with E-state index in [-0.39, 0.29) is 30.5 Å². The summed E-state index contributed by atoms with van der Waals surface area (Å²) in [5.74, 6) is 0.783. The lowest BCUT2D eigenvalue weighted by Crippen LogP contribution is -2.38. The van der Waals surface area contributed by atoms with E-state index in [9.17, 15) is 10.2 Å². The molecule has 1 saturated heterocycles. The average Bonchev–Trinajstić information content (AvgIpc) is 3.53. The van der Waals surface area contributed by atoms with Crippen molar-refractivity contribution in [3.8, 4) is 22.6 Å². The zero-order chi connectivity index (χ0) is 29.8. The van der Waals surface area contributed by atoms with Crippen LogP contribution in [0.15, 0.2) is 102 Å². The predicted octanol–water partition coefficient (Wildman–Crippen LogP) is 5.57. The first-order valence-electron chi connectivity index (χ1n) is 14.1. The number of aliphatic hydroxyl groups excluding tert-OH is 1. The Morgan fingerprint density at radius 2 is 1.60 bits per heavy atom. The second-order valence-electron chi connectivity index (χ2n) is 10.5. The first-order chi connectivity index (χ1) is 21.0. The van der Waals surface area contributed by atoms with Crippen LogP contribution < -0.4 is 5.73 Å². The molecule has 5 aromatic rings. The van der Waals surface area contributed by atoms with Crippen molar-refractivity contribution in [2.45, 2.75) is 43.7 Å². The Kier molecular flexibility index (Phi) is 8.82. The first-order valence-corrected chi connectivity index (χ1v) is 15.1. The van der Waals surface area contributed by atoms with Crippen molar-refractivity contribution in [1.29, 1.82) is 0 Å². The van der Waals surface area contributed by atoms with Crippen LogP contribution in [0.4, 0.5) is 0 Å². The predicted molar refractivity (Wildman–Crippen MR) is 164 cm³/mol. The Labute approximate surface area is 254 Å². The van der Waals surface area contributed by atoms with Gasteiger partial charge in [0.2, 0.25) is 5.16 Å². The molecule has 0 bridgehead atoms. The number of tetrazole rings is 1. The number of rotatable bonds is 9. The molecule has 1 aliphatic heterocycles. The zero-order valence-corrected chi connectivity index (χ0v) is 24.5. The molecule has 10 heteroatoms. The molecule has 4 aromatic carbocycles. The number of thioether (sulfide) groups is 1. The maximum atomic E-state index is 9.68. The molecule has 4 unspecified atom stereocenters. The SMILES string of the molecule is CC1C(CSc2nnnn2-c2ccc(O)cc2)OC(c2ccc(-c3cccc(CN)c3)cc2)OC1c1ccc(CO)cc1. The number of benzene rings is 4. The monoisotopic (exact) mass is 595 g/mol. The number of aliphatic hydroxyl groups is 1. The van der Waals surface area contributed by atoms with Crippen molar-refractivity contribution in [3.05, 3.63) is 119 Å². The summed E-state index contributed by atoms with van der Waals surface area (Å²) in [5.41, 5.74) is 12.7. The minimum absolute atomic E-state index is 0.0113. The molecule has 6 rings (SSSR count). The van der Waals surface area contributed by atoms with Gasteiger partial charge in [0.05, 0.1) is 24.5 Å². The van der Waals surface area contributed by atoms with Gasteiger partial charge in [-0.05, 0) is 68.6 Å². The van der Waals surface area contributed by atoms with E-state index in [4.69, 9.17) is 15.2 Å². The summed E-state index contributed by atoms with van der Waals surface area (Å²) in [6, 6.07) is 31.1. The highest BCUT2D eigenvalue weighted by Gasteiger charge is 2.38. The fourth-order valence-corrected chi connectivity index (χ4v) is 6.26. The maximum absolute atomic E-state index is 9.68. The van der Waals surface area contributed by atoms with Crippen LogP contribution in [-0.2, 0) is 22.6 Å². The Morgan fingerprint density at radius 1 is 0.860 bits per heavy atom. The van der Waals surface area contributed by atoms with Crippen LogP contribution >= 0.6 is 11.8 Å². The Morgan fingerprint density at radius 3 is 2.33 bits per heavy atom. The van der Waals surface area contributed by atoms with Crippen LogP contribution in [0.5, 0.6) is 5.75 Å². The molecular formula is C33H33N5O4S. The fraction of sp³-hybridized carbons (Fsp3) is 0.242. The van der Waals surface area contributed by atoms with Gasteiger partial charge >= 0.3 is 0 Å². The van der Waals surface area contributed by atoms with Crippen LogP contribution in [0.25, 0.3) is 16.8 Å². The lowest BCUT2D eigenvalue weighted by Gasteiger charge is -2.41. The minimum atomic E-state index is -0.582.